The predicted molar refractivity (Wildman–Crippen MR) is 111 cm³/mol. The van der Waals surface area contributed by atoms with Gasteiger partial charge in [-0.1, -0.05) is 42.1 Å². The second-order valence-electron chi connectivity index (χ2n) is 6.48. The van der Waals surface area contributed by atoms with Crippen molar-refractivity contribution in [2.75, 3.05) is 14.1 Å². The third-order valence-corrected chi connectivity index (χ3v) is 6.46. The maximum Gasteiger partial charge on any atom is 0.240 e. The molecule has 0 aliphatic carbocycles. The number of hydrogen-bond donors (Lipinski definition) is 1. The van der Waals surface area contributed by atoms with Gasteiger partial charge in [-0.15, -0.1) is 0 Å². The Bertz CT molecular complexity index is 1110. The summed E-state index contributed by atoms with van der Waals surface area (Å²) in [5, 5.41) is 5.42. The maximum absolute atomic E-state index is 12.8. The van der Waals surface area contributed by atoms with Crippen molar-refractivity contribution in [1.29, 1.82) is 0 Å². The van der Waals surface area contributed by atoms with Crippen LogP contribution in [0.25, 0.3) is 11.0 Å². The van der Waals surface area contributed by atoms with Gasteiger partial charge < -0.3 is 9.47 Å². The lowest BCUT2D eigenvalue weighted by atomic mass is 10.1. The standard InChI is InChI=1S/C19H22N4O3S2/c1-4-23-16-11-10-14(28(20,25)26)12-15(16)21-19(23)27-17(18(24)22(2)3)13-8-6-5-7-9-13/h5-12,17H,4H2,1-3H3,(H2,20,25,26). The Hall–Kier alpha value is -2.36. The Labute approximate surface area is 168 Å². The number of fused-ring (bicyclic) bond motifs is 1. The van der Waals surface area contributed by atoms with Gasteiger partial charge in [0.1, 0.15) is 5.25 Å². The summed E-state index contributed by atoms with van der Waals surface area (Å²) >= 11 is 1.35. The summed E-state index contributed by atoms with van der Waals surface area (Å²) in [4.78, 5) is 19.0. The average Bonchev–Trinajstić information content (AvgIpc) is 3.01. The Morgan fingerprint density at radius 1 is 1.21 bits per heavy atom. The molecule has 0 aliphatic heterocycles. The number of carbonyl (C=O) groups is 1. The number of nitrogens with two attached hydrogens (primary N) is 1. The first-order chi connectivity index (χ1) is 13.2. The van der Waals surface area contributed by atoms with Crippen LogP contribution in [0.4, 0.5) is 0 Å². The first-order valence-electron chi connectivity index (χ1n) is 8.68. The van der Waals surface area contributed by atoms with Crippen molar-refractivity contribution in [2.24, 2.45) is 5.14 Å². The van der Waals surface area contributed by atoms with Crippen LogP contribution in [0.2, 0.25) is 0 Å². The van der Waals surface area contributed by atoms with E-state index in [1.54, 1.807) is 25.1 Å². The average molecular weight is 419 g/mol. The van der Waals surface area contributed by atoms with Gasteiger partial charge in [0.2, 0.25) is 15.9 Å². The molecule has 2 aromatic carbocycles. The van der Waals surface area contributed by atoms with Crippen molar-refractivity contribution in [3.63, 3.8) is 0 Å². The fourth-order valence-corrected chi connectivity index (χ4v) is 4.74. The first-order valence-corrected chi connectivity index (χ1v) is 11.1. The van der Waals surface area contributed by atoms with E-state index in [1.165, 1.54) is 23.9 Å². The van der Waals surface area contributed by atoms with E-state index in [0.29, 0.717) is 17.2 Å². The number of aromatic nitrogens is 2. The Balaban J connectivity index is 2.09. The Kier molecular flexibility index (Phi) is 5.78. The molecule has 148 valence electrons. The molecule has 0 bridgehead atoms. The molecule has 1 amide bonds. The smallest absolute Gasteiger partial charge is 0.240 e. The number of hydrogen-bond acceptors (Lipinski definition) is 5. The summed E-state index contributed by atoms with van der Waals surface area (Å²) < 4.78 is 25.3. The van der Waals surface area contributed by atoms with Crippen molar-refractivity contribution >= 4 is 38.7 Å². The Morgan fingerprint density at radius 3 is 2.46 bits per heavy atom. The van der Waals surface area contributed by atoms with Gasteiger partial charge in [0.25, 0.3) is 0 Å². The fourth-order valence-electron chi connectivity index (χ4n) is 2.89. The molecule has 1 unspecified atom stereocenters. The van der Waals surface area contributed by atoms with Gasteiger partial charge in [-0.25, -0.2) is 18.5 Å². The summed E-state index contributed by atoms with van der Waals surface area (Å²) in [5.41, 5.74) is 2.20. The predicted octanol–water partition coefficient (Wildman–Crippen LogP) is 2.63. The van der Waals surface area contributed by atoms with Gasteiger partial charge in [-0.2, -0.15) is 0 Å². The van der Waals surface area contributed by atoms with Crippen molar-refractivity contribution in [3.05, 3.63) is 54.1 Å². The van der Waals surface area contributed by atoms with E-state index in [-0.39, 0.29) is 10.8 Å². The second kappa shape index (κ2) is 7.94. The molecule has 3 aromatic rings. The van der Waals surface area contributed by atoms with Crippen molar-refractivity contribution in [1.82, 2.24) is 14.5 Å². The fraction of sp³-hybridized carbons (Fsp3) is 0.263. The number of primary sulfonamides is 1. The van der Waals surface area contributed by atoms with Gasteiger partial charge in [-0.05, 0) is 30.7 Å². The molecule has 1 atom stereocenters. The lowest BCUT2D eigenvalue weighted by Crippen LogP contribution is -2.27. The van der Waals surface area contributed by atoms with Crippen LogP contribution in [-0.4, -0.2) is 42.9 Å². The molecule has 0 saturated carbocycles. The monoisotopic (exact) mass is 418 g/mol. The molecule has 1 heterocycles. The number of rotatable bonds is 6. The van der Waals surface area contributed by atoms with Crippen LogP contribution in [0.1, 0.15) is 17.7 Å². The lowest BCUT2D eigenvalue weighted by molar-refractivity contribution is -0.128. The quantitative estimate of drug-likeness (QED) is 0.621. The second-order valence-corrected chi connectivity index (χ2v) is 9.11. The van der Waals surface area contributed by atoms with Crippen LogP contribution in [-0.2, 0) is 21.4 Å². The summed E-state index contributed by atoms with van der Waals surface area (Å²) in [5.74, 6) is -0.0452. The van der Waals surface area contributed by atoms with Crippen molar-refractivity contribution in [3.8, 4) is 0 Å². The number of benzene rings is 2. The van der Waals surface area contributed by atoms with Crippen molar-refractivity contribution in [2.45, 2.75) is 28.8 Å². The molecule has 1 aromatic heterocycles. The number of imidazole rings is 1. The third-order valence-electron chi connectivity index (χ3n) is 4.32. The molecule has 7 nitrogen and oxygen atoms in total. The number of carbonyl (C=O) groups excluding carboxylic acids is 1. The van der Waals surface area contributed by atoms with E-state index in [4.69, 9.17) is 5.14 Å². The minimum absolute atomic E-state index is 0.0151. The molecule has 0 saturated heterocycles. The van der Waals surface area contributed by atoms with E-state index >= 15 is 0 Å². The van der Waals surface area contributed by atoms with Crippen molar-refractivity contribution < 1.29 is 13.2 Å². The summed E-state index contributed by atoms with van der Waals surface area (Å²) in [6.45, 7) is 2.61. The first kappa shape index (κ1) is 20.4. The summed E-state index contributed by atoms with van der Waals surface area (Å²) in [6.07, 6.45) is 0. The van der Waals surface area contributed by atoms with E-state index in [2.05, 4.69) is 4.98 Å². The van der Waals surface area contributed by atoms with E-state index in [0.717, 1.165) is 11.1 Å². The number of thioether (sulfide) groups is 1. The van der Waals surface area contributed by atoms with E-state index in [9.17, 15) is 13.2 Å². The number of amides is 1. The van der Waals surface area contributed by atoms with E-state index in [1.807, 2.05) is 41.8 Å². The SMILES string of the molecule is CCn1c(SC(C(=O)N(C)C)c2ccccc2)nc2cc(S(N)(=O)=O)ccc21. The van der Waals surface area contributed by atoms with Crippen LogP contribution < -0.4 is 5.14 Å². The topological polar surface area (TPSA) is 98.3 Å². The van der Waals surface area contributed by atoms with Crippen LogP contribution in [0.15, 0.2) is 58.6 Å². The molecule has 3 rings (SSSR count). The minimum Gasteiger partial charge on any atom is -0.348 e. The number of likely N-dealkylation sites (N-methyl/N-ethyl adjacent to an activating group) is 1. The molecule has 0 aliphatic rings. The molecule has 0 fully saturated rings. The van der Waals surface area contributed by atoms with Crippen LogP contribution in [0.5, 0.6) is 0 Å². The Morgan fingerprint density at radius 2 is 1.89 bits per heavy atom. The van der Waals surface area contributed by atoms with E-state index < -0.39 is 15.3 Å². The molecule has 0 radical (unpaired) electrons. The third kappa shape index (κ3) is 4.06. The van der Waals surface area contributed by atoms with Crippen LogP contribution in [0.3, 0.4) is 0 Å². The normalized spacial score (nSPS) is 12.9. The van der Waals surface area contributed by atoms with Gasteiger partial charge in [0.05, 0.1) is 15.9 Å². The highest BCUT2D eigenvalue weighted by Gasteiger charge is 2.26. The number of nitrogens with zero attached hydrogens (tertiary/aromatic N) is 3. The van der Waals surface area contributed by atoms with Gasteiger partial charge >= 0.3 is 0 Å². The molecule has 9 heteroatoms. The molecular weight excluding hydrogens is 396 g/mol. The van der Waals surface area contributed by atoms with Gasteiger partial charge in [-0.3, -0.25) is 4.79 Å². The van der Waals surface area contributed by atoms with Gasteiger partial charge in [0, 0.05) is 20.6 Å². The summed E-state index contributed by atoms with van der Waals surface area (Å²) in [6, 6.07) is 14.2. The largest absolute Gasteiger partial charge is 0.348 e. The molecule has 28 heavy (non-hydrogen) atoms. The molecule has 2 N–H and O–H groups in total. The number of aryl methyl sites for hydroxylation is 1. The molecular formula is C19H22N4O3S2. The highest BCUT2D eigenvalue weighted by molar-refractivity contribution is 8.00. The number of sulfonamides is 1. The highest BCUT2D eigenvalue weighted by atomic mass is 32.2. The highest BCUT2D eigenvalue weighted by Crippen LogP contribution is 2.37. The lowest BCUT2D eigenvalue weighted by Gasteiger charge is -2.20. The molecule has 0 spiro atoms. The van der Waals surface area contributed by atoms with Gasteiger partial charge in [0.15, 0.2) is 5.16 Å². The maximum atomic E-state index is 12.8. The van der Waals surface area contributed by atoms with Crippen LogP contribution >= 0.6 is 11.8 Å². The summed E-state index contributed by atoms with van der Waals surface area (Å²) in [7, 11) is -0.368. The van der Waals surface area contributed by atoms with Crippen LogP contribution in [0, 0.1) is 0 Å². The zero-order chi connectivity index (χ0) is 20.5. The minimum atomic E-state index is -3.81. The zero-order valence-corrected chi connectivity index (χ0v) is 17.5. The zero-order valence-electron chi connectivity index (χ0n) is 15.9.